The summed E-state index contributed by atoms with van der Waals surface area (Å²) in [6, 6.07) is 9.94. The molecule has 0 spiro atoms. The number of hydrogen-bond donors (Lipinski definition) is 2. The maximum atomic E-state index is 13.2. The van der Waals surface area contributed by atoms with Crippen LogP contribution in [0.15, 0.2) is 47.4 Å². The molecule has 0 aliphatic carbocycles. The first-order valence-corrected chi connectivity index (χ1v) is 12.8. The zero-order chi connectivity index (χ0) is 26.1. The molecule has 2 heterocycles. The monoisotopic (exact) mass is 516 g/mol. The Morgan fingerprint density at radius 3 is 2.28 bits per heavy atom. The van der Waals surface area contributed by atoms with Crippen LogP contribution in [0.5, 0.6) is 11.5 Å². The van der Waals surface area contributed by atoms with Gasteiger partial charge in [0.05, 0.1) is 19.1 Å². The molecule has 0 bridgehead atoms. The minimum atomic E-state index is -3.57. The predicted molar refractivity (Wildman–Crippen MR) is 130 cm³/mol. The van der Waals surface area contributed by atoms with Crippen molar-refractivity contribution in [1.29, 1.82) is 0 Å². The van der Waals surface area contributed by atoms with Crippen molar-refractivity contribution >= 4 is 33.6 Å². The molecule has 0 saturated carbocycles. The molecule has 36 heavy (non-hydrogen) atoms. The third-order valence-electron chi connectivity index (χ3n) is 6.38. The van der Waals surface area contributed by atoms with Crippen LogP contribution in [0.25, 0.3) is 0 Å². The van der Waals surface area contributed by atoms with Crippen molar-refractivity contribution in [1.82, 2.24) is 14.5 Å². The lowest BCUT2D eigenvalue weighted by atomic mass is 9.91. The van der Waals surface area contributed by atoms with E-state index in [9.17, 15) is 22.8 Å². The Morgan fingerprint density at radius 1 is 1.03 bits per heavy atom. The summed E-state index contributed by atoms with van der Waals surface area (Å²) in [5.41, 5.74) is -0.589. The maximum absolute atomic E-state index is 13.2. The molecule has 2 aromatic carbocycles. The first-order chi connectivity index (χ1) is 17.1. The van der Waals surface area contributed by atoms with Gasteiger partial charge in [-0.05, 0) is 61.7 Å². The van der Waals surface area contributed by atoms with Gasteiger partial charge in [-0.15, -0.1) is 0 Å². The Balaban J connectivity index is 1.44. The smallest absolute Gasteiger partial charge is 0.325 e. The van der Waals surface area contributed by atoms with E-state index in [4.69, 9.17) is 9.47 Å². The highest BCUT2D eigenvalue weighted by molar-refractivity contribution is 7.89. The number of nitrogens with one attached hydrogen (secondary N) is 2. The first kappa shape index (κ1) is 25.5. The summed E-state index contributed by atoms with van der Waals surface area (Å²) in [6.45, 7) is 2.03. The molecular formula is C24H28N4O7S. The van der Waals surface area contributed by atoms with E-state index < -0.39 is 40.0 Å². The van der Waals surface area contributed by atoms with Gasteiger partial charge in [0.2, 0.25) is 15.9 Å². The fourth-order valence-corrected chi connectivity index (χ4v) is 5.83. The van der Waals surface area contributed by atoms with Crippen LogP contribution in [-0.4, -0.2) is 69.3 Å². The van der Waals surface area contributed by atoms with Crippen molar-refractivity contribution < 1.29 is 32.3 Å². The molecular weight excluding hydrogens is 488 g/mol. The Bertz CT molecular complexity index is 1290. The average Bonchev–Trinajstić information content (AvgIpc) is 3.49. The summed E-state index contributed by atoms with van der Waals surface area (Å²) < 4.78 is 37.3. The number of imide groups is 1. The molecule has 2 N–H and O–H groups in total. The van der Waals surface area contributed by atoms with Crippen molar-refractivity contribution in [3.63, 3.8) is 0 Å². The normalized spacial score (nSPS) is 20.4. The topological polar surface area (TPSA) is 134 Å². The van der Waals surface area contributed by atoms with Crippen LogP contribution in [0.2, 0.25) is 0 Å². The van der Waals surface area contributed by atoms with E-state index >= 15 is 0 Å². The van der Waals surface area contributed by atoms with Crippen LogP contribution in [-0.2, 0) is 25.2 Å². The Kier molecular flexibility index (Phi) is 6.92. The molecule has 1 atom stereocenters. The van der Waals surface area contributed by atoms with Crippen LogP contribution in [0.4, 0.5) is 10.5 Å². The number of urea groups is 1. The number of ether oxygens (including phenoxy) is 2. The molecule has 4 rings (SSSR count). The van der Waals surface area contributed by atoms with E-state index in [1.165, 1.54) is 42.8 Å². The number of sulfonamides is 1. The van der Waals surface area contributed by atoms with Gasteiger partial charge in [0.1, 0.15) is 12.1 Å². The van der Waals surface area contributed by atoms with Crippen molar-refractivity contribution in [2.24, 2.45) is 0 Å². The van der Waals surface area contributed by atoms with Crippen LogP contribution in [0.1, 0.15) is 25.3 Å². The van der Waals surface area contributed by atoms with Gasteiger partial charge in [-0.25, -0.2) is 13.2 Å². The molecule has 1 unspecified atom stereocenters. The van der Waals surface area contributed by atoms with Crippen LogP contribution in [0.3, 0.4) is 0 Å². The van der Waals surface area contributed by atoms with E-state index in [1.807, 2.05) is 0 Å². The second kappa shape index (κ2) is 9.78. The van der Waals surface area contributed by atoms with Crippen molar-refractivity contribution in [3.05, 3.63) is 48.0 Å². The highest BCUT2D eigenvalue weighted by Crippen LogP contribution is 2.35. The standard InChI is InChI=1S/C24H28N4O7S/c1-24(16-6-11-19(34-2)20(14-16)35-3)22(30)28(23(31)26-24)15-21(29)25-17-7-9-18(10-8-17)36(32,33)27-12-4-5-13-27/h6-11,14H,4-5,12-13,15H2,1-3H3,(H,25,29)(H,26,31). The van der Waals surface area contributed by atoms with E-state index in [-0.39, 0.29) is 4.90 Å². The van der Waals surface area contributed by atoms with Gasteiger partial charge in [-0.1, -0.05) is 6.07 Å². The second-order valence-electron chi connectivity index (χ2n) is 8.70. The van der Waals surface area contributed by atoms with Crippen LogP contribution >= 0.6 is 0 Å². The predicted octanol–water partition coefficient (Wildman–Crippen LogP) is 1.89. The maximum Gasteiger partial charge on any atom is 0.325 e. The molecule has 4 amide bonds. The summed E-state index contributed by atoms with van der Waals surface area (Å²) in [4.78, 5) is 39.4. The molecule has 0 aromatic heterocycles. The van der Waals surface area contributed by atoms with Gasteiger partial charge in [0, 0.05) is 18.8 Å². The molecule has 0 radical (unpaired) electrons. The van der Waals surface area contributed by atoms with Crippen LogP contribution < -0.4 is 20.1 Å². The van der Waals surface area contributed by atoms with Crippen molar-refractivity contribution in [2.75, 3.05) is 39.2 Å². The Hall–Kier alpha value is -3.64. The fraction of sp³-hybridized carbons (Fsp3) is 0.375. The molecule has 2 fully saturated rings. The number of carbonyl (C=O) groups is 3. The largest absolute Gasteiger partial charge is 0.493 e. The first-order valence-electron chi connectivity index (χ1n) is 11.4. The summed E-state index contributed by atoms with van der Waals surface area (Å²) in [5, 5.41) is 5.25. The van der Waals surface area contributed by atoms with Gasteiger partial charge in [0.25, 0.3) is 5.91 Å². The number of methoxy groups -OCH3 is 2. The third kappa shape index (κ3) is 4.61. The van der Waals surface area contributed by atoms with Gasteiger partial charge in [-0.3, -0.25) is 14.5 Å². The third-order valence-corrected chi connectivity index (χ3v) is 8.29. The van der Waals surface area contributed by atoms with Crippen molar-refractivity contribution in [3.8, 4) is 11.5 Å². The van der Waals surface area contributed by atoms with E-state index in [0.29, 0.717) is 35.8 Å². The number of hydrogen-bond acceptors (Lipinski definition) is 7. The number of nitrogens with zero attached hydrogens (tertiary/aromatic N) is 2. The molecule has 11 nitrogen and oxygen atoms in total. The zero-order valence-electron chi connectivity index (χ0n) is 20.2. The highest BCUT2D eigenvalue weighted by Gasteiger charge is 2.49. The Morgan fingerprint density at radius 2 is 1.67 bits per heavy atom. The number of amides is 4. The van der Waals surface area contributed by atoms with Gasteiger partial charge >= 0.3 is 6.03 Å². The quantitative estimate of drug-likeness (QED) is 0.512. The summed E-state index contributed by atoms with van der Waals surface area (Å²) >= 11 is 0. The summed E-state index contributed by atoms with van der Waals surface area (Å²) in [7, 11) is -0.618. The van der Waals surface area contributed by atoms with Gasteiger partial charge in [-0.2, -0.15) is 4.31 Å². The van der Waals surface area contributed by atoms with E-state index in [1.54, 1.807) is 25.1 Å². The lowest BCUT2D eigenvalue weighted by Crippen LogP contribution is -2.42. The fourth-order valence-electron chi connectivity index (χ4n) is 4.32. The number of anilines is 1. The van der Waals surface area contributed by atoms with Gasteiger partial charge < -0.3 is 20.1 Å². The summed E-state index contributed by atoms with van der Waals surface area (Å²) in [6.07, 6.45) is 1.67. The number of rotatable bonds is 8. The highest BCUT2D eigenvalue weighted by atomic mass is 32.2. The zero-order valence-corrected chi connectivity index (χ0v) is 21.1. The molecule has 2 aliphatic heterocycles. The number of benzene rings is 2. The van der Waals surface area contributed by atoms with Gasteiger partial charge in [0.15, 0.2) is 11.5 Å². The molecule has 2 aliphatic rings. The summed E-state index contributed by atoms with van der Waals surface area (Å²) in [5.74, 6) is -0.339. The lowest BCUT2D eigenvalue weighted by Gasteiger charge is -2.23. The average molecular weight is 517 g/mol. The minimum Gasteiger partial charge on any atom is -0.493 e. The van der Waals surface area contributed by atoms with E-state index in [2.05, 4.69) is 10.6 Å². The van der Waals surface area contributed by atoms with E-state index in [0.717, 1.165) is 17.7 Å². The SMILES string of the molecule is COc1ccc(C2(C)NC(=O)N(CC(=O)Nc3ccc(S(=O)(=O)N4CCCC4)cc3)C2=O)cc1OC. The van der Waals surface area contributed by atoms with Crippen LogP contribution in [0, 0.1) is 0 Å². The lowest BCUT2D eigenvalue weighted by molar-refractivity contribution is -0.133. The molecule has 2 saturated heterocycles. The minimum absolute atomic E-state index is 0.141. The Labute approximate surface area is 209 Å². The van der Waals surface area contributed by atoms with Crippen molar-refractivity contribution in [2.45, 2.75) is 30.2 Å². The molecule has 2 aromatic rings. The molecule has 192 valence electrons. The molecule has 12 heteroatoms. The number of carbonyl (C=O) groups excluding carboxylic acids is 3. The second-order valence-corrected chi connectivity index (χ2v) is 10.6.